The van der Waals surface area contributed by atoms with Crippen LogP contribution in [0, 0.1) is 0 Å². The molecule has 2 heterocycles. The molecule has 0 aromatic heterocycles. The van der Waals surface area contributed by atoms with Crippen LogP contribution in [0.4, 0.5) is 0 Å². The Morgan fingerprint density at radius 3 is 2.42 bits per heavy atom. The lowest BCUT2D eigenvalue weighted by atomic mass is 9.96. The zero-order valence-corrected chi connectivity index (χ0v) is 12.9. The van der Waals surface area contributed by atoms with Gasteiger partial charge in [-0.05, 0) is 0 Å². The van der Waals surface area contributed by atoms with Gasteiger partial charge in [0.1, 0.15) is 42.7 Å². The Bertz CT molecular complexity index is 437. The van der Waals surface area contributed by atoms with Crippen molar-refractivity contribution in [2.45, 2.75) is 62.2 Å². The van der Waals surface area contributed by atoms with Crippen LogP contribution < -0.4 is 5.32 Å². The van der Waals surface area contributed by atoms with Crippen molar-refractivity contribution in [2.24, 2.45) is 0 Å². The molecule has 2 rings (SSSR count). The Kier molecular flexibility index (Phi) is 6.47. The van der Waals surface area contributed by atoms with Gasteiger partial charge in [0, 0.05) is 6.92 Å². The van der Waals surface area contributed by atoms with Gasteiger partial charge in [-0.1, -0.05) is 0 Å². The molecule has 2 saturated heterocycles. The number of aliphatic hydroxyl groups is 6. The van der Waals surface area contributed by atoms with Crippen molar-refractivity contribution >= 4 is 5.91 Å². The topological polar surface area (TPSA) is 178 Å². The first-order chi connectivity index (χ1) is 11.3. The SMILES string of the molecule is CC(=O)N[C@@H]1[C@@H](O[C@@H]2OC[C@H](O)[C@H](O)[C@H]2O)[C@@H](O)[C@@H](CO)O[C@@H]1O. The quantitative estimate of drug-likeness (QED) is 0.260. The lowest BCUT2D eigenvalue weighted by Crippen LogP contribution is -2.66. The molecule has 2 fully saturated rings. The highest BCUT2D eigenvalue weighted by atomic mass is 16.7. The van der Waals surface area contributed by atoms with Gasteiger partial charge in [0.25, 0.3) is 0 Å². The van der Waals surface area contributed by atoms with Crippen molar-refractivity contribution in [1.29, 1.82) is 0 Å². The summed E-state index contributed by atoms with van der Waals surface area (Å²) >= 11 is 0. The van der Waals surface area contributed by atoms with E-state index in [1.54, 1.807) is 0 Å². The molecule has 140 valence electrons. The first-order valence-corrected chi connectivity index (χ1v) is 7.47. The predicted octanol–water partition coefficient (Wildman–Crippen LogP) is -4.61. The van der Waals surface area contributed by atoms with Gasteiger partial charge in [-0.25, -0.2) is 0 Å². The minimum Gasteiger partial charge on any atom is -0.394 e. The molecule has 11 heteroatoms. The zero-order valence-electron chi connectivity index (χ0n) is 12.9. The third-order valence-electron chi connectivity index (χ3n) is 3.99. The summed E-state index contributed by atoms with van der Waals surface area (Å²) in [7, 11) is 0. The first-order valence-electron chi connectivity index (χ1n) is 7.47. The highest BCUT2D eigenvalue weighted by molar-refractivity contribution is 5.73. The van der Waals surface area contributed by atoms with Crippen LogP contribution in [0.1, 0.15) is 6.92 Å². The standard InChI is InChI=1S/C13H23NO10/c1-4(16)14-7-11(9(19)6(2-15)23-12(7)21)24-13-10(20)8(18)5(17)3-22-13/h5-13,15,17-21H,2-3H2,1H3,(H,14,16)/t5-,6+,7+,8-,9-,10+,11+,12-,13-/m0/s1. The first kappa shape index (κ1) is 19.4. The van der Waals surface area contributed by atoms with E-state index in [1.165, 1.54) is 6.92 Å². The summed E-state index contributed by atoms with van der Waals surface area (Å²) in [5, 5.41) is 60.8. The maximum Gasteiger partial charge on any atom is 0.217 e. The van der Waals surface area contributed by atoms with Gasteiger partial charge >= 0.3 is 0 Å². The summed E-state index contributed by atoms with van der Waals surface area (Å²) in [6.07, 6.45) is -11.4. The van der Waals surface area contributed by atoms with Crippen molar-refractivity contribution < 1.29 is 49.6 Å². The fourth-order valence-corrected chi connectivity index (χ4v) is 2.69. The van der Waals surface area contributed by atoms with E-state index in [2.05, 4.69) is 5.32 Å². The van der Waals surface area contributed by atoms with Gasteiger partial charge in [0.15, 0.2) is 12.6 Å². The molecule has 0 radical (unpaired) electrons. The highest BCUT2D eigenvalue weighted by Crippen LogP contribution is 2.26. The second-order valence-corrected chi connectivity index (χ2v) is 5.82. The number of hydrogen-bond acceptors (Lipinski definition) is 10. The molecule has 11 nitrogen and oxygen atoms in total. The van der Waals surface area contributed by atoms with Gasteiger partial charge < -0.3 is 50.2 Å². The molecule has 24 heavy (non-hydrogen) atoms. The minimum absolute atomic E-state index is 0.320. The van der Waals surface area contributed by atoms with Crippen molar-refractivity contribution in [3.05, 3.63) is 0 Å². The molecule has 0 aliphatic carbocycles. The Morgan fingerprint density at radius 2 is 1.83 bits per heavy atom. The fraction of sp³-hybridized carbons (Fsp3) is 0.923. The van der Waals surface area contributed by atoms with E-state index in [1.807, 2.05) is 0 Å². The van der Waals surface area contributed by atoms with Gasteiger partial charge in [-0.15, -0.1) is 0 Å². The Labute approximate surface area is 137 Å². The van der Waals surface area contributed by atoms with Gasteiger partial charge in [0.2, 0.25) is 5.91 Å². The average Bonchev–Trinajstić information content (AvgIpc) is 2.53. The lowest BCUT2D eigenvalue weighted by Gasteiger charge is -2.45. The zero-order chi connectivity index (χ0) is 18.0. The van der Waals surface area contributed by atoms with E-state index in [-0.39, 0.29) is 6.61 Å². The summed E-state index contributed by atoms with van der Waals surface area (Å²) in [5.74, 6) is -0.536. The van der Waals surface area contributed by atoms with E-state index in [9.17, 15) is 35.4 Å². The average molecular weight is 353 g/mol. The molecule has 9 atom stereocenters. The second kappa shape index (κ2) is 7.99. The van der Waals surface area contributed by atoms with Crippen LogP contribution in [0.5, 0.6) is 0 Å². The molecule has 0 unspecified atom stereocenters. The number of nitrogens with one attached hydrogen (secondary N) is 1. The van der Waals surface area contributed by atoms with Crippen molar-refractivity contribution in [1.82, 2.24) is 5.32 Å². The number of rotatable bonds is 4. The molecule has 0 saturated carbocycles. The van der Waals surface area contributed by atoms with Crippen molar-refractivity contribution in [3.8, 4) is 0 Å². The van der Waals surface area contributed by atoms with Crippen LogP contribution in [0.2, 0.25) is 0 Å². The van der Waals surface area contributed by atoms with Crippen LogP contribution in [0.15, 0.2) is 0 Å². The van der Waals surface area contributed by atoms with Crippen LogP contribution in [-0.2, 0) is 19.0 Å². The van der Waals surface area contributed by atoms with E-state index < -0.39 is 67.8 Å². The summed E-state index contributed by atoms with van der Waals surface area (Å²) in [6, 6.07) is -1.21. The maximum absolute atomic E-state index is 11.3. The normalized spacial score (nSPS) is 46.5. The van der Waals surface area contributed by atoms with Crippen LogP contribution in [0.25, 0.3) is 0 Å². The Balaban J connectivity index is 2.16. The second-order valence-electron chi connectivity index (χ2n) is 5.82. The third-order valence-corrected chi connectivity index (χ3v) is 3.99. The van der Waals surface area contributed by atoms with Crippen LogP contribution >= 0.6 is 0 Å². The molecule has 7 N–H and O–H groups in total. The largest absolute Gasteiger partial charge is 0.394 e. The number of carbonyl (C=O) groups excluding carboxylic acids is 1. The molecule has 0 aromatic carbocycles. The van der Waals surface area contributed by atoms with E-state index in [0.29, 0.717) is 0 Å². The summed E-state index contributed by atoms with van der Waals surface area (Å²) in [4.78, 5) is 11.3. The molecule has 0 aromatic rings. The molecule has 1 amide bonds. The Hall–Kier alpha value is -0.890. The number of carbonyl (C=O) groups is 1. The van der Waals surface area contributed by atoms with Crippen molar-refractivity contribution in [2.75, 3.05) is 13.2 Å². The number of aliphatic hydroxyl groups excluding tert-OH is 6. The maximum atomic E-state index is 11.3. The van der Waals surface area contributed by atoms with Gasteiger partial charge in [0.05, 0.1) is 13.2 Å². The smallest absolute Gasteiger partial charge is 0.217 e. The highest BCUT2D eigenvalue weighted by Gasteiger charge is 2.49. The molecule has 0 bridgehead atoms. The predicted molar refractivity (Wildman–Crippen MR) is 74.2 cm³/mol. The summed E-state index contributed by atoms with van der Waals surface area (Å²) < 4.78 is 15.5. The van der Waals surface area contributed by atoms with Crippen molar-refractivity contribution in [3.63, 3.8) is 0 Å². The van der Waals surface area contributed by atoms with Gasteiger partial charge in [-0.2, -0.15) is 0 Å². The third kappa shape index (κ3) is 4.02. The summed E-state index contributed by atoms with van der Waals surface area (Å²) in [6.45, 7) is 0.236. The molecular weight excluding hydrogens is 330 g/mol. The lowest BCUT2D eigenvalue weighted by molar-refractivity contribution is -0.325. The van der Waals surface area contributed by atoms with E-state index >= 15 is 0 Å². The number of hydrogen-bond donors (Lipinski definition) is 7. The Morgan fingerprint density at radius 1 is 1.17 bits per heavy atom. The fourth-order valence-electron chi connectivity index (χ4n) is 2.69. The molecular formula is C13H23NO10. The number of amides is 1. The van der Waals surface area contributed by atoms with E-state index in [0.717, 1.165) is 0 Å². The number of ether oxygens (including phenoxy) is 3. The van der Waals surface area contributed by atoms with Gasteiger partial charge in [-0.3, -0.25) is 4.79 Å². The van der Waals surface area contributed by atoms with Crippen LogP contribution in [-0.4, -0.2) is 105 Å². The molecule has 2 aliphatic heterocycles. The van der Waals surface area contributed by atoms with E-state index in [4.69, 9.17) is 14.2 Å². The minimum atomic E-state index is -1.62. The molecule has 0 spiro atoms. The summed E-state index contributed by atoms with van der Waals surface area (Å²) in [5.41, 5.74) is 0. The monoisotopic (exact) mass is 353 g/mol. The molecule has 2 aliphatic rings. The van der Waals surface area contributed by atoms with Crippen LogP contribution in [0.3, 0.4) is 0 Å².